The van der Waals surface area contributed by atoms with Crippen molar-refractivity contribution in [2.75, 3.05) is 18.1 Å². The van der Waals surface area contributed by atoms with Gasteiger partial charge in [0.15, 0.2) is 11.5 Å². The molecule has 21 heavy (non-hydrogen) atoms. The molecule has 0 saturated heterocycles. The number of hydrogen-bond acceptors (Lipinski definition) is 5. The maximum Gasteiger partial charge on any atom is 0.414 e. The number of carboxylic acid groups (broad SMARTS) is 1. The fourth-order valence-electron chi connectivity index (χ4n) is 2.02. The zero-order valence-corrected chi connectivity index (χ0v) is 11.1. The van der Waals surface area contributed by atoms with E-state index in [0.717, 1.165) is 10.5 Å². The lowest BCUT2D eigenvalue weighted by atomic mass is 10.2. The Morgan fingerprint density at radius 3 is 2.62 bits per heavy atom. The van der Waals surface area contributed by atoms with Gasteiger partial charge >= 0.3 is 6.09 Å². The monoisotopic (exact) mass is 287 g/mol. The zero-order chi connectivity index (χ0) is 14.7. The Balaban J connectivity index is 1.85. The second-order valence-corrected chi connectivity index (χ2v) is 4.40. The van der Waals surface area contributed by atoms with Gasteiger partial charge in [0, 0.05) is 12.4 Å². The van der Waals surface area contributed by atoms with Crippen LogP contribution in [0.4, 0.5) is 10.7 Å². The number of amides is 1. The standard InChI is InChI=1S/C14H13N3O4/c18-14(19)17(13-15-4-1-5-16-13)9-10-2-3-11-12(8-10)21-7-6-20-11/h1-5,8H,6-7,9H2,(H,18,19). The van der Waals surface area contributed by atoms with E-state index in [9.17, 15) is 9.90 Å². The summed E-state index contributed by atoms with van der Waals surface area (Å²) in [6.45, 7) is 1.14. The molecule has 1 aliphatic heterocycles. The second kappa shape index (κ2) is 5.66. The van der Waals surface area contributed by atoms with E-state index in [2.05, 4.69) is 9.97 Å². The van der Waals surface area contributed by atoms with E-state index in [0.29, 0.717) is 24.7 Å². The van der Waals surface area contributed by atoms with Crippen LogP contribution in [0, 0.1) is 0 Å². The largest absolute Gasteiger partial charge is 0.486 e. The van der Waals surface area contributed by atoms with Crippen LogP contribution in [0.15, 0.2) is 36.7 Å². The van der Waals surface area contributed by atoms with Crippen molar-refractivity contribution in [1.82, 2.24) is 9.97 Å². The van der Waals surface area contributed by atoms with Gasteiger partial charge < -0.3 is 14.6 Å². The fourth-order valence-corrected chi connectivity index (χ4v) is 2.02. The Bertz CT molecular complexity index is 648. The van der Waals surface area contributed by atoms with Crippen molar-refractivity contribution in [3.05, 3.63) is 42.2 Å². The molecule has 1 N–H and O–H groups in total. The minimum atomic E-state index is -1.11. The highest BCUT2D eigenvalue weighted by atomic mass is 16.6. The highest BCUT2D eigenvalue weighted by Crippen LogP contribution is 2.31. The molecular weight excluding hydrogens is 274 g/mol. The second-order valence-electron chi connectivity index (χ2n) is 4.40. The van der Waals surface area contributed by atoms with Crippen molar-refractivity contribution in [3.8, 4) is 11.5 Å². The first-order valence-corrected chi connectivity index (χ1v) is 6.40. The van der Waals surface area contributed by atoms with Gasteiger partial charge in [-0.15, -0.1) is 0 Å². The van der Waals surface area contributed by atoms with Gasteiger partial charge in [-0.25, -0.2) is 19.7 Å². The molecule has 1 aromatic heterocycles. The van der Waals surface area contributed by atoms with Crippen LogP contribution in [0.2, 0.25) is 0 Å². The predicted molar refractivity (Wildman–Crippen MR) is 73.7 cm³/mol. The molecule has 1 amide bonds. The van der Waals surface area contributed by atoms with Gasteiger partial charge in [-0.1, -0.05) is 6.07 Å². The van der Waals surface area contributed by atoms with Gasteiger partial charge in [0.1, 0.15) is 13.2 Å². The Morgan fingerprint density at radius 2 is 1.90 bits per heavy atom. The first-order chi connectivity index (χ1) is 10.2. The lowest BCUT2D eigenvalue weighted by molar-refractivity contribution is 0.171. The molecule has 0 fully saturated rings. The summed E-state index contributed by atoms with van der Waals surface area (Å²) in [6, 6.07) is 6.98. The Morgan fingerprint density at radius 1 is 1.19 bits per heavy atom. The molecule has 0 saturated carbocycles. The van der Waals surface area contributed by atoms with Gasteiger partial charge in [-0.05, 0) is 23.8 Å². The Labute approximate surface area is 120 Å². The topological polar surface area (TPSA) is 84.8 Å². The summed E-state index contributed by atoms with van der Waals surface area (Å²) < 4.78 is 10.9. The minimum Gasteiger partial charge on any atom is -0.486 e. The zero-order valence-electron chi connectivity index (χ0n) is 11.1. The highest BCUT2D eigenvalue weighted by Gasteiger charge is 2.19. The first-order valence-electron chi connectivity index (χ1n) is 6.40. The van der Waals surface area contributed by atoms with E-state index in [-0.39, 0.29) is 12.5 Å². The van der Waals surface area contributed by atoms with Gasteiger partial charge in [-0.3, -0.25) is 0 Å². The normalized spacial score (nSPS) is 12.8. The van der Waals surface area contributed by atoms with Gasteiger partial charge in [0.25, 0.3) is 0 Å². The van der Waals surface area contributed by atoms with E-state index in [1.165, 1.54) is 12.4 Å². The number of benzene rings is 1. The third-order valence-electron chi connectivity index (χ3n) is 2.97. The van der Waals surface area contributed by atoms with Crippen LogP contribution in [0.25, 0.3) is 0 Å². The molecule has 0 atom stereocenters. The van der Waals surface area contributed by atoms with Crippen molar-refractivity contribution in [2.45, 2.75) is 6.54 Å². The third kappa shape index (κ3) is 2.86. The van der Waals surface area contributed by atoms with Crippen LogP contribution < -0.4 is 14.4 Å². The van der Waals surface area contributed by atoms with Crippen molar-refractivity contribution in [2.24, 2.45) is 0 Å². The van der Waals surface area contributed by atoms with Gasteiger partial charge in [-0.2, -0.15) is 0 Å². The number of ether oxygens (including phenoxy) is 2. The number of carbonyl (C=O) groups is 1. The molecule has 0 radical (unpaired) electrons. The van der Waals surface area contributed by atoms with Crippen LogP contribution in [0.3, 0.4) is 0 Å². The molecular formula is C14H13N3O4. The minimum absolute atomic E-state index is 0.135. The predicted octanol–water partition coefficient (Wildman–Crippen LogP) is 1.93. The van der Waals surface area contributed by atoms with Crippen LogP contribution in [-0.2, 0) is 6.54 Å². The highest BCUT2D eigenvalue weighted by molar-refractivity contribution is 5.83. The number of hydrogen-bond donors (Lipinski definition) is 1. The smallest absolute Gasteiger partial charge is 0.414 e. The molecule has 0 bridgehead atoms. The molecule has 0 spiro atoms. The van der Waals surface area contributed by atoms with E-state index >= 15 is 0 Å². The molecule has 2 heterocycles. The lowest BCUT2D eigenvalue weighted by Gasteiger charge is -2.21. The van der Waals surface area contributed by atoms with E-state index in [4.69, 9.17) is 9.47 Å². The maximum atomic E-state index is 11.4. The molecule has 0 aliphatic carbocycles. The van der Waals surface area contributed by atoms with E-state index in [1.54, 1.807) is 24.3 Å². The Hall–Kier alpha value is -2.83. The summed E-state index contributed by atoms with van der Waals surface area (Å²) in [5.41, 5.74) is 0.772. The summed E-state index contributed by atoms with van der Waals surface area (Å²) >= 11 is 0. The van der Waals surface area contributed by atoms with Crippen LogP contribution in [-0.4, -0.2) is 34.4 Å². The van der Waals surface area contributed by atoms with Crippen molar-refractivity contribution < 1.29 is 19.4 Å². The third-order valence-corrected chi connectivity index (χ3v) is 2.97. The summed E-state index contributed by atoms with van der Waals surface area (Å²) in [5.74, 6) is 1.43. The molecule has 2 aromatic rings. The van der Waals surface area contributed by atoms with Crippen LogP contribution >= 0.6 is 0 Å². The summed E-state index contributed by atoms with van der Waals surface area (Å²) in [5, 5.41) is 9.32. The lowest BCUT2D eigenvalue weighted by Crippen LogP contribution is -2.30. The van der Waals surface area contributed by atoms with E-state index < -0.39 is 6.09 Å². The molecule has 0 unspecified atom stereocenters. The molecule has 108 valence electrons. The number of aromatic nitrogens is 2. The van der Waals surface area contributed by atoms with Crippen molar-refractivity contribution >= 4 is 12.0 Å². The van der Waals surface area contributed by atoms with Crippen LogP contribution in [0.1, 0.15) is 5.56 Å². The maximum absolute atomic E-state index is 11.4. The summed E-state index contributed by atoms with van der Waals surface area (Å²) in [6.07, 6.45) is 1.89. The molecule has 1 aromatic carbocycles. The quantitative estimate of drug-likeness (QED) is 0.928. The van der Waals surface area contributed by atoms with Crippen molar-refractivity contribution in [3.63, 3.8) is 0 Å². The Kier molecular flexibility index (Phi) is 3.55. The van der Waals surface area contributed by atoms with Gasteiger partial charge in [0.05, 0.1) is 6.54 Å². The SMILES string of the molecule is O=C(O)N(Cc1ccc2c(c1)OCCO2)c1ncccn1. The molecule has 7 nitrogen and oxygen atoms in total. The molecule has 7 heteroatoms. The fraction of sp³-hybridized carbons (Fsp3) is 0.214. The van der Waals surface area contributed by atoms with Crippen LogP contribution in [0.5, 0.6) is 11.5 Å². The number of rotatable bonds is 3. The molecule has 3 rings (SSSR count). The summed E-state index contributed by atoms with van der Waals surface area (Å²) in [4.78, 5) is 20.4. The molecule has 1 aliphatic rings. The average Bonchev–Trinajstić information content (AvgIpc) is 2.53. The van der Waals surface area contributed by atoms with E-state index in [1.807, 2.05) is 0 Å². The number of fused-ring (bicyclic) bond motifs is 1. The number of nitrogens with zero attached hydrogens (tertiary/aromatic N) is 3. The van der Waals surface area contributed by atoms with Gasteiger partial charge in [0.2, 0.25) is 5.95 Å². The van der Waals surface area contributed by atoms with Crippen molar-refractivity contribution in [1.29, 1.82) is 0 Å². The number of anilines is 1. The first kappa shape index (κ1) is 13.2. The summed E-state index contributed by atoms with van der Waals surface area (Å²) in [7, 11) is 0. The average molecular weight is 287 g/mol.